The molecule has 0 aliphatic heterocycles. The van der Waals surface area contributed by atoms with Gasteiger partial charge in [-0.2, -0.15) is 0 Å². The van der Waals surface area contributed by atoms with E-state index in [2.05, 4.69) is 10.3 Å². The van der Waals surface area contributed by atoms with Crippen molar-refractivity contribution in [3.05, 3.63) is 17.7 Å². The van der Waals surface area contributed by atoms with Crippen molar-refractivity contribution in [2.45, 2.75) is 27.2 Å². The highest BCUT2D eigenvalue weighted by Gasteiger charge is 2.17. The van der Waals surface area contributed by atoms with E-state index in [0.717, 1.165) is 12.1 Å². The summed E-state index contributed by atoms with van der Waals surface area (Å²) in [5.74, 6) is 2.64. The fourth-order valence-electron chi connectivity index (χ4n) is 3.07. The van der Waals surface area contributed by atoms with Crippen LogP contribution in [0.3, 0.4) is 0 Å². The van der Waals surface area contributed by atoms with E-state index in [-0.39, 0.29) is 12.5 Å². The SMILES string of the molecule is CCNC(=NCCc1ccc(OC)c(OC)c1OC)N(C)CC(=O)N(CC)CC. The summed E-state index contributed by atoms with van der Waals surface area (Å²) in [4.78, 5) is 20.7. The summed E-state index contributed by atoms with van der Waals surface area (Å²) in [6.45, 7) is 8.93. The van der Waals surface area contributed by atoms with Gasteiger partial charge in [0, 0.05) is 38.8 Å². The molecule has 1 N–H and O–H groups in total. The first kappa shape index (κ1) is 24.4. The van der Waals surface area contributed by atoms with E-state index in [1.54, 1.807) is 21.3 Å². The molecule has 1 rings (SSSR count). The maximum absolute atomic E-state index is 12.4. The van der Waals surface area contributed by atoms with Gasteiger partial charge in [-0.25, -0.2) is 0 Å². The summed E-state index contributed by atoms with van der Waals surface area (Å²) in [6.07, 6.45) is 0.663. The lowest BCUT2D eigenvalue weighted by molar-refractivity contribution is -0.131. The van der Waals surface area contributed by atoms with Crippen molar-refractivity contribution in [1.29, 1.82) is 0 Å². The number of hydrogen-bond donors (Lipinski definition) is 1. The number of nitrogens with one attached hydrogen (secondary N) is 1. The molecule has 29 heavy (non-hydrogen) atoms. The van der Waals surface area contributed by atoms with Crippen molar-refractivity contribution in [3.63, 3.8) is 0 Å². The Balaban J connectivity index is 2.91. The summed E-state index contributed by atoms with van der Waals surface area (Å²) in [6, 6.07) is 3.82. The third-order valence-corrected chi connectivity index (χ3v) is 4.61. The van der Waals surface area contributed by atoms with Crippen LogP contribution in [-0.2, 0) is 11.2 Å². The normalized spacial score (nSPS) is 11.1. The largest absolute Gasteiger partial charge is 0.493 e. The summed E-state index contributed by atoms with van der Waals surface area (Å²) < 4.78 is 16.3. The van der Waals surface area contributed by atoms with Gasteiger partial charge in [0.05, 0.1) is 27.9 Å². The number of benzene rings is 1. The van der Waals surface area contributed by atoms with Crippen LogP contribution >= 0.6 is 0 Å². The van der Waals surface area contributed by atoms with Crippen molar-refractivity contribution in [2.75, 3.05) is 61.1 Å². The summed E-state index contributed by atoms with van der Waals surface area (Å²) >= 11 is 0. The van der Waals surface area contributed by atoms with Gasteiger partial charge in [0.15, 0.2) is 17.5 Å². The number of rotatable bonds is 11. The van der Waals surface area contributed by atoms with Gasteiger partial charge < -0.3 is 29.3 Å². The number of ether oxygens (including phenoxy) is 3. The molecule has 8 heteroatoms. The van der Waals surface area contributed by atoms with E-state index >= 15 is 0 Å². The smallest absolute Gasteiger partial charge is 0.242 e. The molecular formula is C21H36N4O4. The van der Waals surface area contributed by atoms with Gasteiger partial charge in [-0.05, 0) is 33.3 Å². The maximum Gasteiger partial charge on any atom is 0.242 e. The van der Waals surface area contributed by atoms with Crippen LogP contribution in [0.1, 0.15) is 26.3 Å². The van der Waals surface area contributed by atoms with Crippen LogP contribution < -0.4 is 19.5 Å². The zero-order chi connectivity index (χ0) is 21.8. The molecule has 0 saturated carbocycles. The number of carbonyl (C=O) groups is 1. The Labute approximate surface area is 174 Å². The number of likely N-dealkylation sites (N-methyl/N-ethyl adjacent to an activating group) is 2. The Kier molecular flexibility index (Phi) is 10.7. The second-order valence-corrected chi connectivity index (χ2v) is 6.40. The molecule has 0 heterocycles. The Morgan fingerprint density at radius 3 is 2.21 bits per heavy atom. The highest BCUT2D eigenvalue weighted by atomic mass is 16.5. The summed E-state index contributed by atoms with van der Waals surface area (Å²) in [5, 5.41) is 3.25. The minimum atomic E-state index is 0.0877. The molecule has 1 aromatic carbocycles. The minimum absolute atomic E-state index is 0.0877. The van der Waals surface area contributed by atoms with Crippen LogP contribution in [0.2, 0.25) is 0 Å². The first-order chi connectivity index (χ1) is 14.0. The van der Waals surface area contributed by atoms with E-state index in [0.29, 0.717) is 49.3 Å². The van der Waals surface area contributed by atoms with E-state index in [1.165, 1.54) is 0 Å². The second kappa shape index (κ2) is 12.7. The molecule has 1 amide bonds. The van der Waals surface area contributed by atoms with E-state index in [4.69, 9.17) is 14.2 Å². The van der Waals surface area contributed by atoms with Gasteiger partial charge in [-0.15, -0.1) is 0 Å². The molecule has 0 saturated heterocycles. The summed E-state index contributed by atoms with van der Waals surface area (Å²) in [7, 11) is 6.67. The quantitative estimate of drug-likeness (QED) is 0.446. The van der Waals surface area contributed by atoms with Gasteiger partial charge in [-0.3, -0.25) is 9.79 Å². The van der Waals surface area contributed by atoms with Crippen LogP contribution in [0, 0.1) is 0 Å². The van der Waals surface area contributed by atoms with Crippen molar-refractivity contribution in [3.8, 4) is 17.2 Å². The van der Waals surface area contributed by atoms with Crippen LogP contribution in [0.5, 0.6) is 17.2 Å². The van der Waals surface area contributed by atoms with Crippen molar-refractivity contribution in [1.82, 2.24) is 15.1 Å². The molecule has 0 aliphatic carbocycles. The van der Waals surface area contributed by atoms with Gasteiger partial charge in [0.1, 0.15) is 0 Å². The first-order valence-electron chi connectivity index (χ1n) is 10.0. The third-order valence-electron chi connectivity index (χ3n) is 4.61. The Bertz CT molecular complexity index is 675. The molecule has 1 aromatic rings. The zero-order valence-corrected chi connectivity index (χ0v) is 18.9. The molecule has 0 unspecified atom stereocenters. The fraction of sp³-hybridized carbons (Fsp3) is 0.619. The number of methoxy groups -OCH3 is 3. The fourth-order valence-corrected chi connectivity index (χ4v) is 3.07. The molecule has 0 atom stereocenters. The lowest BCUT2D eigenvalue weighted by Gasteiger charge is -2.25. The number of nitrogens with zero attached hydrogens (tertiary/aromatic N) is 3. The van der Waals surface area contributed by atoms with Gasteiger partial charge in [0.25, 0.3) is 0 Å². The number of guanidine groups is 1. The minimum Gasteiger partial charge on any atom is -0.493 e. The third kappa shape index (κ3) is 6.73. The molecule has 0 radical (unpaired) electrons. The van der Waals surface area contributed by atoms with Crippen LogP contribution in [0.15, 0.2) is 17.1 Å². The Morgan fingerprint density at radius 2 is 1.69 bits per heavy atom. The van der Waals surface area contributed by atoms with Crippen LogP contribution in [0.25, 0.3) is 0 Å². The monoisotopic (exact) mass is 408 g/mol. The highest BCUT2D eigenvalue weighted by molar-refractivity contribution is 5.86. The topological polar surface area (TPSA) is 75.6 Å². The first-order valence-corrected chi connectivity index (χ1v) is 10.0. The molecule has 0 fully saturated rings. The second-order valence-electron chi connectivity index (χ2n) is 6.40. The Hall–Kier alpha value is -2.64. The van der Waals surface area contributed by atoms with Gasteiger partial charge >= 0.3 is 0 Å². The average Bonchev–Trinajstić information content (AvgIpc) is 2.73. The number of amides is 1. The standard InChI is InChI=1S/C21H36N4O4/c1-8-22-21(24(4)15-18(26)25(9-2)10-3)23-14-13-16-11-12-17(27-5)20(29-7)19(16)28-6/h11-12H,8-10,13-15H2,1-7H3,(H,22,23). The lowest BCUT2D eigenvalue weighted by Crippen LogP contribution is -2.45. The highest BCUT2D eigenvalue weighted by Crippen LogP contribution is 2.39. The van der Waals surface area contributed by atoms with Crippen molar-refractivity contribution >= 4 is 11.9 Å². The molecule has 0 aromatic heterocycles. The maximum atomic E-state index is 12.4. The summed E-state index contributed by atoms with van der Waals surface area (Å²) in [5.41, 5.74) is 0.978. The number of aliphatic imine (C=N–C) groups is 1. The molecule has 0 spiro atoms. The predicted octanol–water partition coefficient (Wildman–Crippen LogP) is 2.02. The zero-order valence-electron chi connectivity index (χ0n) is 18.9. The predicted molar refractivity (Wildman–Crippen MR) is 116 cm³/mol. The molecule has 164 valence electrons. The molecular weight excluding hydrogens is 372 g/mol. The van der Waals surface area contributed by atoms with E-state index in [9.17, 15) is 4.79 Å². The molecule has 0 aliphatic rings. The van der Waals surface area contributed by atoms with Crippen molar-refractivity contribution in [2.24, 2.45) is 4.99 Å². The van der Waals surface area contributed by atoms with Gasteiger partial charge in [0.2, 0.25) is 11.7 Å². The average molecular weight is 409 g/mol. The van der Waals surface area contributed by atoms with Crippen molar-refractivity contribution < 1.29 is 19.0 Å². The Morgan fingerprint density at radius 1 is 1.03 bits per heavy atom. The van der Waals surface area contributed by atoms with Gasteiger partial charge in [-0.1, -0.05) is 6.07 Å². The van der Waals surface area contributed by atoms with Crippen LogP contribution in [-0.4, -0.2) is 82.8 Å². The van der Waals surface area contributed by atoms with E-state index < -0.39 is 0 Å². The number of hydrogen-bond acceptors (Lipinski definition) is 5. The van der Waals surface area contributed by atoms with Crippen LogP contribution in [0.4, 0.5) is 0 Å². The van der Waals surface area contributed by atoms with E-state index in [1.807, 2.05) is 49.8 Å². The number of carbonyl (C=O) groups excluding carboxylic acids is 1. The lowest BCUT2D eigenvalue weighted by atomic mass is 10.1. The molecule has 0 bridgehead atoms. The molecule has 8 nitrogen and oxygen atoms in total.